The van der Waals surface area contributed by atoms with Gasteiger partial charge in [-0.1, -0.05) is 48.5 Å². The van der Waals surface area contributed by atoms with Gasteiger partial charge in [0.15, 0.2) is 5.16 Å². The van der Waals surface area contributed by atoms with E-state index in [1.807, 2.05) is 45.0 Å². The van der Waals surface area contributed by atoms with E-state index in [1.165, 1.54) is 11.8 Å². The summed E-state index contributed by atoms with van der Waals surface area (Å²) in [7, 11) is 0. The lowest BCUT2D eigenvalue weighted by molar-refractivity contribution is -0.119. The highest BCUT2D eigenvalue weighted by Gasteiger charge is 2.16. The molecule has 2 aromatic carbocycles. The number of halogens is 1. The summed E-state index contributed by atoms with van der Waals surface area (Å²) in [6.07, 6.45) is 0.858. The maximum absolute atomic E-state index is 13.2. The Bertz CT molecular complexity index is 1080. The van der Waals surface area contributed by atoms with Crippen LogP contribution < -0.4 is 10.9 Å². The minimum Gasteiger partial charge on any atom is -0.353 e. The molecule has 7 heteroatoms. The van der Waals surface area contributed by atoms with Crippen LogP contribution in [-0.4, -0.2) is 27.3 Å². The van der Waals surface area contributed by atoms with Crippen LogP contribution in [0.1, 0.15) is 25.8 Å². The lowest BCUT2D eigenvalue weighted by Crippen LogP contribution is -2.33. The maximum atomic E-state index is 13.2. The first-order valence-corrected chi connectivity index (χ1v) is 10.5. The van der Waals surface area contributed by atoms with E-state index < -0.39 is 0 Å². The van der Waals surface area contributed by atoms with Gasteiger partial charge in [0.25, 0.3) is 5.56 Å². The molecule has 0 aliphatic heterocycles. The van der Waals surface area contributed by atoms with Gasteiger partial charge in [-0.25, -0.2) is 4.98 Å². The number of aromatic nitrogens is 2. The van der Waals surface area contributed by atoms with Crippen molar-refractivity contribution in [2.24, 2.45) is 0 Å². The number of benzene rings is 2. The number of nitrogens with zero attached hydrogens (tertiary/aromatic N) is 2. The van der Waals surface area contributed by atoms with Gasteiger partial charge in [-0.05, 0) is 50.1 Å². The second-order valence-electron chi connectivity index (χ2n) is 6.65. The Labute approximate surface area is 173 Å². The number of aryl methyl sites for hydroxylation is 1. The number of fused-ring (bicyclic) bond motifs is 1. The van der Waals surface area contributed by atoms with E-state index in [4.69, 9.17) is 11.6 Å². The number of nitrogens with one attached hydrogen (secondary N) is 1. The first kappa shape index (κ1) is 20.4. The maximum Gasteiger partial charge on any atom is 0.266 e. The van der Waals surface area contributed by atoms with Crippen molar-refractivity contribution in [2.45, 2.75) is 38.4 Å². The third kappa shape index (κ3) is 4.39. The summed E-state index contributed by atoms with van der Waals surface area (Å²) >= 11 is 7.33. The number of hydrogen-bond acceptors (Lipinski definition) is 4. The number of rotatable bonds is 6. The molecule has 0 radical (unpaired) electrons. The van der Waals surface area contributed by atoms with Crippen LogP contribution in [0.15, 0.2) is 52.4 Å². The Morgan fingerprint density at radius 3 is 2.75 bits per heavy atom. The zero-order valence-electron chi connectivity index (χ0n) is 16.0. The van der Waals surface area contributed by atoms with Gasteiger partial charge in [-0.2, -0.15) is 0 Å². The summed E-state index contributed by atoms with van der Waals surface area (Å²) in [4.78, 5) is 30.1. The number of amides is 1. The fraction of sp³-hybridized carbons (Fsp3) is 0.286. The van der Waals surface area contributed by atoms with E-state index in [1.54, 1.807) is 22.8 Å². The lowest BCUT2D eigenvalue weighted by atomic mass is 10.2. The molecule has 3 aromatic rings. The molecule has 0 saturated carbocycles. The van der Waals surface area contributed by atoms with Crippen LogP contribution in [0.3, 0.4) is 0 Å². The molecule has 1 aromatic heterocycles. The van der Waals surface area contributed by atoms with Gasteiger partial charge in [-0.15, -0.1) is 0 Å². The minimum atomic E-state index is -0.180. The predicted octanol–water partition coefficient (Wildman–Crippen LogP) is 4.35. The lowest BCUT2D eigenvalue weighted by Gasteiger charge is -2.16. The molecule has 0 saturated heterocycles. The molecule has 1 heterocycles. The molecule has 1 N–H and O–H groups in total. The highest BCUT2D eigenvalue weighted by atomic mass is 35.5. The van der Waals surface area contributed by atoms with Crippen LogP contribution in [0.5, 0.6) is 0 Å². The summed E-state index contributed by atoms with van der Waals surface area (Å²) in [5, 5.41) is 4.40. The van der Waals surface area contributed by atoms with Crippen LogP contribution in [-0.2, 0) is 4.79 Å². The van der Waals surface area contributed by atoms with Crippen molar-refractivity contribution in [1.82, 2.24) is 14.9 Å². The first-order valence-electron chi connectivity index (χ1n) is 9.11. The molecule has 28 heavy (non-hydrogen) atoms. The zero-order chi connectivity index (χ0) is 20.3. The molecule has 1 atom stereocenters. The third-order valence-corrected chi connectivity index (χ3v) is 5.68. The Balaban J connectivity index is 2.08. The number of carbonyl (C=O) groups excluding carboxylic acids is 1. The van der Waals surface area contributed by atoms with Crippen LogP contribution in [0, 0.1) is 6.92 Å². The van der Waals surface area contributed by atoms with E-state index in [-0.39, 0.29) is 23.3 Å². The summed E-state index contributed by atoms with van der Waals surface area (Å²) in [5.74, 6) is 0.0884. The summed E-state index contributed by atoms with van der Waals surface area (Å²) in [6.45, 7) is 5.92. The summed E-state index contributed by atoms with van der Waals surface area (Å²) in [6, 6.07) is 12.8. The largest absolute Gasteiger partial charge is 0.353 e. The van der Waals surface area contributed by atoms with Crippen molar-refractivity contribution in [2.75, 3.05) is 5.75 Å². The standard InChI is InChI=1S/C21H22ClN3O2S/c1-4-14(3)23-19(26)12-28-21-24-17-11-15(22)9-10-16(17)20(27)25(21)18-8-6-5-7-13(18)2/h5-11,14H,4,12H2,1-3H3,(H,23,26). The molecule has 5 nitrogen and oxygen atoms in total. The molecule has 1 unspecified atom stereocenters. The van der Waals surface area contributed by atoms with Gasteiger partial charge in [0.05, 0.1) is 22.3 Å². The van der Waals surface area contributed by atoms with E-state index in [0.29, 0.717) is 21.1 Å². The summed E-state index contributed by atoms with van der Waals surface area (Å²) in [5.41, 5.74) is 2.04. The first-order chi connectivity index (χ1) is 13.4. The monoisotopic (exact) mass is 415 g/mol. The van der Waals surface area contributed by atoms with Crippen molar-refractivity contribution in [1.29, 1.82) is 0 Å². The molecule has 0 aliphatic carbocycles. The van der Waals surface area contributed by atoms with Gasteiger partial charge in [0.1, 0.15) is 0 Å². The van der Waals surface area contributed by atoms with Crippen molar-refractivity contribution in [3.8, 4) is 5.69 Å². The molecular formula is C21H22ClN3O2S. The van der Waals surface area contributed by atoms with E-state index in [9.17, 15) is 9.59 Å². The molecule has 0 bridgehead atoms. The van der Waals surface area contributed by atoms with Crippen LogP contribution in [0.2, 0.25) is 5.02 Å². The Hall–Kier alpha value is -2.31. The molecule has 146 valence electrons. The SMILES string of the molecule is CCC(C)NC(=O)CSc1nc2cc(Cl)ccc2c(=O)n1-c1ccccc1C. The highest BCUT2D eigenvalue weighted by molar-refractivity contribution is 7.99. The molecular weight excluding hydrogens is 394 g/mol. The van der Waals surface area contributed by atoms with Crippen molar-refractivity contribution in [3.63, 3.8) is 0 Å². The fourth-order valence-corrected chi connectivity index (χ4v) is 3.79. The van der Waals surface area contributed by atoms with Crippen molar-refractivity contribution < 1.29 is 4.79 Å². The molecule has 0 spiro atoms. The van der Waals surface area contributed by atoms with E-state index in [0.717, 1.165) is 17.7 Å². The van der Waals surface area contributed by atoms with Crippen LogP contribution in [0.4, 0.5) is 0 Å². The fourth-order valence-electron chi connectivity index (χ4n) is 2.81. The van der Waals surface area contributed by atoms with Crippen LogP contribution in [0.25, 0.3) is 16.6 Å². The summed E-state index contributed by atoms with van der Waals surface area (Å²) < 4.78 is 1.58. The Kier molecular flexibility index (Phi) is 6.42. The average molecular weight is 416 g/mol. The van der Waals surface area contributed by atoms with Crippen molar-refractivity contribution in [3.05, 3.63) is 63.4 Å². The second-order valence-corrected chi connectivity index (χ2v) is 8.03. The van der Waals surface area contributed by atoms with Gasteiger partial charge in [0.2, 0.25) is 5.91 Å². The smallest absolute Gasteiger partial charge is 0.266 e. The molecule has 1 amide bonds. The van der Waals surface area contributed by atoms with Crippen LogP contribution >= 0.6 is 23.4 Å². The predicted molar refractivity (Wildman–Crippen MR) is 116 cm³/mol. The number of carbonyl (C=O) groups is 1. The normalized spacial score (nSPS) is 12.1. The Morgan fingerprint density at radius 1 is 1.29 bits per heavy atom. The topological polar surface area (TPSA) is 64.0 Å². The zero-order valence-corrected chi connectivity index (χ0v) is 17.6. The Morgan fingerprint density at radius 2 is 2.04 bits per heavy atom. The number of hydrogen-bond donors (Lipinski definition) is 1. The second kappa shape index (κ2) is 8.80. The minimum absolute atomic E-state index is 0.0869. The van der Waals surface area contributed by atoms with Gasteiger partial charge < -0.3 is 5.32 Å². The van der Waals surface area contributed by atoms with E-state index in [2.05, 4.69) is 10.3 Å². The number of para-hydroxylation sites is 1. The number of thioether (sulfide) groups is 1. The van der Waals surface area contributed by atoms with Gasteiger partial charge in [0, 0.05) is 11.1 Å². The molecule has 0 fully saturated rings. The average Bonchev–Trinajstić information content (AvgIpc) is 2.67. The molecule has 3 rings (SSSR count). The van der Waals surface area contributed by atoms with Gasteiger partial charge in [-0.3, -0.25) is 14.2 Å². The highest BCUT2D eigenvalue weighted by Crippen LogP contribution is 2.24. The van der Waals surface area contributed by atoms with Gasteiger partial charge >= 0.3 is 0 Å². The third-order valence-electron chi connectivity index (χ3n) is 4.51. The van der Waals surface area contributed by atoms with Crippen molar-refractivity contribution >= 4 is 40.2 Å². The van der Waals surface area contributed by atoms with E-state index >= 15 is 0 Å². The molecule has 0 aliphatic rings. The quantitative estimate of drug-likeness (QED) is 0.480.